The van der Waals surface area contributed by atoms with Gasteiger partial charge in [0.25, 0.3) is 0 Å². The topological polar surface area (TPSA) is 36.4 Å². The first-order valence-corrected chi connectivity index (χ1v) is 9.21. The lowest BCUT2D eigenvalue weighted by Gasteiger charge is -2.39. The summed E-state index contributed by atoms with van der Waals surface area (Å²) in [6.07, 6.45) is 0.932. The van der Waals surface area contributed by atoms with Crippen LogP contribution in [0.25, 0.3) is 10.2 Å². The van der Waals surface area contributed by atoms with E-state index in [1.165, 1.54) is 29.0 Å². The molecule has 1 saturated heterocycles. The third-order valence-electron chi connectivity index (χ3n) is 4.99. The molecule has 0 N–H and O–H groups in total. The number of aromatic nitrogens is 1. The lowest BCUT2D eigenvalue weighted by molar-refractivity contribution is -0.123. The normalized spacial score (nSPS) is 17.0. The number of rotatable bonds is 2. The number of anilines is 2. The molecule has 0 atom stereocenters. The number of benzene rings is 2. The fraction of sp³-hybridized carbons (Fsp3) is 0.263. The molecule has 2 aliphatic heterocycles. The molecule has 3 aromatic rings. The van der Waals surface area contributed by atoms with Crippen molar-refractivity contribution >= 4 is 38.3 Å². The Morgan fingerprint density at radius 2 is 2.04 bits per heavy atom. The fourth-order valence-electron chi connectivity index (χ4n) is 3.60. The predicted molar refractivity (Wildman–Crippen MR) is 97.8 cm³/mol. The molecule has 25 heavy (non-hydrogen) atoms. The molecule has 2 aliphatic rings. The number of fused-ring (bicyclic) bond motifs is 2. The van der Waals surface area contributed by atoms with Crippen molar-refractivity contribution < 1.29 is 9.18 Å². The summed E-state index contributed by atoms with van der Waals surface area (Å²) in [5, 5.41) is 0.867. The summed E-state index contributed by atoms with van der Waals surface area (Å²) in [7, 11) is 0. The summed E-state index contributed by atoms with van der Waals surface area (Å²) >= 11 is 1.48. The molecule has 0 bridgehead atoms. The molecule has 6 heteroatoms. The minimum atomic E-state index is -0.243. The van der Waals surface area contributed by atoms with E-state index in [-0.39, 0.29) is 17.6 Å². The van der Waals surface area contributed by atoms with E-state index in [4.69, 9.17) is 0 Å². The third kappa shape index (κ3) is 2.40. The van der Waals surface area contributed by atoms with Crippen molar-refractivity contribution in [3.63, 3.8) is 0 Å². The van der Waals surface area contributed by atoms with Gasteiger partial charge in [0, 0.05) is 25.3 Å². The molecule has 0 aliphatic carbocycles. The highest BCUT2D eigenvalue weighted by Gasteiger charge is 2.38. The first-order valence-electron chi connectivity index (χ1n) is 8.39. The number of hydrogen-bond acceptors (Lipinski definition) is 4. The molecular formula is C19H16FN3OS. The monoisotopic (exact) mass is 353 g/mol. The molecular weight excluding hydrogens is 337 g/mol. The van der Waals surface area contributed by atoms with Crippen molar-refractivity contribution in [2.45, 2.75) is 6.42 Å². The van der Waals surface area contributed by atoms with Crippen LogP contribution in [0.4, 0.5) is 15.2 Å². The zero-order chi connectivity index (χ0) is 17.0. The van der Waals surface area contributed by atoms with Crippen molar-refractivity contribution in [2.75, 3.05) is 29.4 Å². The number of hydrogen-bond donors (Lipinski definition) is 0. The van der Waals surface area contributed by atoms with Crippen LogP contribution in [0.15, 0.2) is 42.5 Å². The number of nitrogens with zero attached hydrogens (tertiary/aromatic N) is 3. The van der Waals surface area contributed by atoms with Gasteiger partial charge < -0.3 is 9.80 Å². The number of carbonyl (C=O) groups is 1. The average Bonchev–Trinajstić information content (AvgIpc) is 3.16. The highest BCUT2D eigenvalue weighted by atomic mass is 32.1. The molecule has 1 aromatic heterocycles. The highest BCUT2D eigenvalue weighted by molar-refractivity contribution is 7.22. The van der Waals surface area contributed by atoms with Gasteiger partial charge in [-0.05, 0) is 36.2 Å². The third-order valence-corrected chi connectivity index (χ3v) is 6.07. The number of carbonyl (C=O) groups excluding carboxylic acids is 1. The van der Waals surface area contributed by atoms with E-state index < -0.39 is 0 Å². The van der Waals surface area contributed by atoms with Gasteiger partial charge in [-0.2, -0.15) is 0 Å². The largest absolute Gasteiger partial charge is 0.346 e. The van der Waals surface area contributed by atoms with Gasteiger partial charge in [0.15, 0.2) is 5.13 Å². The van der Waals surface area contributed by atoms with E-state index in [0.717, 1.165) is 34.0 Å². The molecule has 3 heterocycles. The average molecular weight is 353 g/mol. The van der Waals surface area contributed by atoms with E-state index in [1.807, 2.05) is 23.1 Å². The SMILES string of the molecule is O=C(C1CN(c2nc3ccc(F)cc3s2)C1)N1CCc2ccccc21. The van der Waals surface area contributed by atoms with Crippen molar-refractivity contribution in [3.8, 4) is 0 Å². The summed E-state index contributed by atoms with van der Waals surface area (Å²) in [6, 6.07) is 12.8. The van der Waals surface area contributed by atoms with Crippen LogP contribution in [0.1, 0.15) is 5.56 Å². The molecule has 1 amide bonds. The van der Waals surface area contributed by atoms with E-state index in [2.05, 4.69) is 16.0 Å². The molecule has 4 nitrogen and oxygen atoms in total. The molecule has 5 rings (SSSR count). The van der Waals surface area contributed by atoms with Crippen LogP contribution in [-0.2, 0) is 11.2 Å². The minimum absolute atomic E-state index is 0.00917. The lowest BCUT2D eigenvalue weighted by Crippen LogP contribution is -2.54. The lowest BCUT2D eigenvalue weighted by atomic mass is 9.99. The van der Waals surface area contributed by atoms with Gasteiger partial charge in [0.1, 0.15) is 5.82 Å². The number of halogens is 1. The Morgan fingerprint density at radius 1 is 1.20 bits per heavy atom. The maximum absolute atomic E-state index is 13.3. The Bertz CT molecular complexity index is 980. The second-order valence-corrected chi connectivity index (χ2v) is 7.59. The van der Waals surface area contributed by atoms with E-state index in [9.17, 15) is 9.18 Å². The van der Waals surface area contributed by atoms with Crippen molar-refractivity contribution in [1.82, 2.24) is 4.98 Å². The van der Waals surface area contributed by atoms with Crippen LogP contribution in [-0.4, -0.2) is 30.5 Å². The minimum Gasteiger partial charge on any atom is -0.346 e. The summed E-state index contributed by atoms with van der Waals surface area (Å²) in [6.45, 7) is 2.13. The van der Waals surface area contributed by atoms with Crippen molar-refractivity contribution in [2.24, 2.45) is 5.92 Å². The van der Waals surface area contributed by atoms with Gasteiger partial charge in [-0.3, -0.25) is 4.79 Å². The Morgan fingerprint density at radius 3 is 2.92 bits per heavy atom. The molecule has 0 saturated carbocycles. The van der Waals surface area contributed by atoms with Crippen LogP contribution in [0.3, 0.4) is 0 Å². The molecule has 1 fully saturated rings. The van der Waals surface area contributed by atoms with Gasteiger partial charge >= 0.3 is 0 Å². The zero-order valence-corrected chi connectivity index (χ0v) is 14.3. The van der Waals surface area contributed by atoms with Gasteiger partial charge in [-0.25, -0.2) is 9.37 Å². The Hall–Kier alpha value is -2.47. The molecule has 0 radical (unpaired) electrons. The quantitative estimate of drug-likeness (QED) is 0.708. The predicted octanol–water partition coefficient (Wildman–Crippen LogP) is 3.46. The highest BCUT2D eigenvalue weighted by Crippen LogP contribution is 2.35. The smallest absolute Gasteiger partial charge is 0.233 e. The van der Waals surface area contributed by atoms with Crippen LogP contribution in [0.2, 0.25) is 0 Å². The van der Waals surface area contributed by atoms with E-state index in [0.29, 0.717) is 13.1 Å². The Labute approximate surface area is 148 Å². The molecule has 2 aromatic carbocycles. The molecule has 0 unspecified atom stereocenters. The Kier molecular flexibility index (Phi) is 3.28. The maximum Gasteiger partial charge on any atom is 0.233 e. The fourth-order valence-corrected chi connectivity index (χ4v) is 4.61. The van der Waals surface area contributed by atoms with Crippen LogP contribution < -0.4 is 9.80 Å². The van der Waals surface area contributed by atoms with Crippen LogP contribution in [0, 0.1) is 11.7 Å². The maximum atomic E-state index is 13.3. The number of thiazole rings is 1. The standard InChI is InChI=1S/C19H16FN3OS/c20-14-5-6-15-17(9-14)25-19(21-15)22-10-13(11-22)18(24)23-8-7-12-3-1-2-4-16(12)23/h1-6,9,13H,7-8,10-11H2. The van der Waals surface area contributed by atoms with Gasteiger partial charge in [0.2, 0.25) is 5.91 Å². The van der Waals surface area contributed by atoms with Crippen molar-refractivity contribution in [3.05, 3.63) is 53.8 Å². The zero-order valence-electron chi connectivity index (χ0n) is 13.5. The summed E-state index contributed by atoms with van der Waals surface area (Å²) < 4.78 is 14.2. The second-order valence-electron chi connectivity index (χ2n) is 6.58. The van der Waals surface area contributed by atoms with Gasteiger partial charge in [0.05, 0.1) is 16.1 Å². The van der Waals surface area contributed by atoms with Crippen molar-refractivity contribution in [1.29, 1.82) is 0 Å². The molecule has 0 spiro atoms. The number of para-hydroxylation sites is 1. The van der Waals surface area contributed by atoms with Gasteiger partial charge in [-0.1, -0.05) is 29.5 Å². The van der Waals surface area contributed by atoms with Crippen LogP contribution >= 0.6 is 11.3 Å². The Balaban J connectivity index is 1.30. The van der Waals surface area contributed by atoms with E-state index >= 15 is 0 Å². The summed E-state index contributed by atoms with van der Waals surface area (Å²) in [5.74, 6) is -0.0321. The summed E-state index contributed by atoms with van der Waals surface area (Å²) in [4.78, 5) is 21.4. The first-order chi connectivity index (χ1) is 12.2. The molecule has 126 valence electrons. The van der Waals surface area contributed by atoms with Crippen LogP contribution in [0.5, 0.6) is 0 Å². The van der Waals surface area contributed by atoms with Gasteiger partial charge in [-0.15, -0.1) is 0 Å². The second kappa shape index (κ2) is 5.52. The van der Waals surface area contributed by atoms with E-state index in [1.54, 1.807) is 6.07 Å². The summed E-state index contributed by atoms with van der Waals surface area (Å²) in [5.41, 5.74) is 3.12. The first kappa shape index (κ1) is 14.8. The number of amides is 1.